The Morgan fingerprint density at radius 3 is 2.38 bits per heavy atom. The summed E-state index contributed by atoms with van der Waals surface area (Å²) >= 11 is 6.24. The maximum absolute atomic E-state index is 14.0. The summed E-state index contributed by atoms with van der Waals surface area (Å²) in [6, 6.07) is 9.82. The molecule has 220 valence electrons. The van der Waals surface area contributed by atoms with Crippen LogP contribution in [0.15, 0.2) is 42.5 Å². The van der Waals surface area contributed by atoms with Crippen LogP contribution in [0, 0.1) is 11.8 Å². The first kappa shape index (κ1) is 31.5. The minimum Gasteiger partial charge on any atom is -0.497 e. The molecule has 0 saturated carbocycles. The molecular formula is C29H36ClF3N2O5. The number of nitrogens with zero attached hydrogens (tertiary/aromatic N) is 2. The van der Waals surface area contributed by atoms with Gasteiger partial charge in [-0.2, -0.15) is 13.2 Å². The van der Waals surface area contributed by atoms with Crippen molar-refractivity contribution in [3.63, 3.8) is 0 Å². The van der Waals surface area contributed by atoms with E-state index in [9.17, 15) is 27.9 Å². The van der Waals surface area contributed by atoms with Crippen molar-refractivity contribution in [2.45, 2.75) is 44.4 Å². The van der Waals surface area contributed by atoms with Gasteiger partial charge in [0.1, 0.15) is 11.5 Å². The molecule has 2 amide bonds. The van der Waals surface area contributed by atoms with Gasteiger partial charge in [-0.05, 0) is 67.9 Å². The molecule has 1 N–H and O–H groups in total. The summed E-state index contributed by atoms with van der Waals surface area (Å²) in [6.45, 7) is 2.75. The molecule has 1 aliphatic rings. The van der Waals surface area contributed by atoms with E-state index >= 15 is 0 Å². The van der Waals surface area contributed by atoms with Crippen LogP contribution in [0.25, 0.3) is 0 Å². The molecule has 7 nitrogen and oxygen atoms in total. The largest absolute Gasteiger partial charge is 0.497 e. The number of halogens is 4. The molecule has 1 fully saturated rings. The predicted octanol–water partition coefficient (Wildman–Crippen LogP) is 5.53. The van der Waals surface area contributed by atoms with Crippen LogP contribution >= 0.6 is 11.6 Å². The lowest BCUT2D eigenvalue weighted by atomic mass is 9.87. The van der Waals surface area contributed by atoms with E-state index in [1.807, 2.05) is 6.92 Å². The molecule has 1 aliphatic heterocycles. The van der Waals surface area contributed by atoms with E-state index in [-0.39, 0.29) is 36.6 Å². The minimum absolute atomic E-state index is 0.115. The molecule has 2 aromatic carbocycles. The zero-order chi connectivity index (χ0) is 29.7. The lowest BCUT2D eigenvalue weighted by Crippen LogP contribution is -2.57. The first-order valence-corrected chi connectivity index (χ1v) is 13.5. The third kappa shape index (κ3) is 7.20. The van der Waals surface area contributed by atoms with E-state index in [1.54, 1.807) is 32.3 Å². The number of methoxy groups -OCH3 is 1. The number of carbonyl (C=O) groups is 2. The van der Waals surface area contributed by atoms with Gasteiger partial charge in [-0.1, -0.05) is 30.7 Å². The summed E-state index contributed by atoms with van der Waals surface area (Å²) in [5.41, 5.74) is -3.82. The van der Waals surface area contributed by atoms with E-state index < -0.39 is 23.2 Å². The maximum atomic E-state index is 14.0. The molecule has 11 heteroatoms. The zero-order valence-corrected chi connectivity index (χ0v) is 23.9. The van der Waals surface area contributed by atoms with Crippen LogP contribution in [0.5, 0.6) is 11.5 Å². The molecule has 2 atom stereocenters. The third-order valence-corrected chi connectivity index (χ3v) is 7.60. The van der Waals surface area contributed by atoms with Crippen LogP contribution in [-0.4, -0.2) is 73.8 Å². The van der Waals surface area contributed by atoms with E-state index in [0.717, 1.165) is 29.9 Å². The monoisotopic (exact) mass is 584 g/mol. The average Bonchev–Trinajstić information content (AvgIpc) is 2.93. The van der Waals surface area contributed by atoms with E-state index in [4.69, 9.17) is 21.1 Å². The van der Waals surface area contributed by atoms with Crippen LogP contribution in [0.1, 0.15) is 48.5 Å². The Kier molecular flexibility index (Phi) is 10.3. The number of ether oxygens (including phenoxy) is 2. The minimum atomic E-state index is -5.20. The van der Waals surface area contributed by atoms with Crippen molar-refractivity contribution in [3.05, 3.63) is 58.6 Å². The summed E-state index contributed by atoms with van der Waals surface area (Å²) in [5, 5.41) is 11.0. The van der Waals surface area contributed by atoms with Gasteiger partial charge in [0.2, 0.25) is 0 Å². The zero-order valence-electron chi connectivity index (χ0n) is 23.1. The van der Waals surface area contributed by atoms with Gasteiger partial charge in [-0.25, -0.2) is 0 Å². The van der Waals surface area contributed by atoms with Crippen LogP contribution in [0.3, 0.4) is 0 Å². The highest BCUT2D eigenvalue weighted by Gasteiger charge is 2.62. The second kappa shape index (κ2) is 13.1. The predicted molar refractivity (Wildman–Crippen MR) is 146 cm³/mol. The van der Waals surface area contributed by atoms with Crippen LogP contribution in [0.4, 0.5) is 13.2 Å². The van der Waals surface area contributed by atoms with E-state index in [0.29, 0.717) is 35.8 Å². The average molecular weight is 585 g/mol. The number of likely N-dealkylation sites (tertiary alicyclic amines) is 1. The Balaban J connectivity index is 1.51. The molecule has 0 aliphatic carbocycles. The first-order valence-electron chi connectivity index (χ1n) is 13.1. The topological polar surface area (TPSA) is 79.3 Å². The van der Waals surface area contributed by atoms with E-state index in [2.05, 4.69) is 0 Å². The number of piperidine rings is 1. The van der Waals surface area contributed by atoms with Crippen molar-refractivity contribution < 1.29 is 37.3 Å². The number of aliphatic hydroxyl groups is 1. The molecule has 0 unspecified atom stereocenters. The molecule has 2 aromatic rings. The van der Waals surface area contributed by atoms with Crippen molar-refractivity contribution in [3.8, 4) is 11.5 Å². The van der Waals surface area contributed by atoms with Gasteiger partial charge >= 0.3 is 6.18 Å². The number of alkyl halides is 3. The lowest BCUT2D eigenvalue weighted by Gasteiger charge is -2.38. The number of amides is 2. The second-order valence-electron chi connectivity index (χ2n) is 10.5. The Bertz CT molecular complexity index is 1180. The van der Waals surface area contributed by atoms with Crippen LogP contribution in [-0.2, 0) is 10.4 Å². The van der Waals surface area contributed by atoms with Gasteiger partial charge in [0.05, 0.1) is 24.3 Å². The van der Waals surface area contributed by atoms with Crippen molar-refractivity contribution >= 4 is 23.4 Å². The Morgan fingerprint density at radius 1 is 1.12 bits per heavy atom. The summed E-state index contributed by atoms with van der Waals surface area (Å²) in [5.74, 6) is -0.444. The van der Waals surface area contributed by atoms with Crippen molar-refractivity contribution in [1.82, 2.24) is 9.80 Å². The highest BCUT2D eigenvalue weighted by Crippen LogP contribution is 2.42. The van der Waals surface area contributed by atoms with Gasteiger partial charge in [0.15, 0.2) is 0 Å². The Labute approximate surface area is 237 Å². The first-order chi connectivity index (χ1) is 18.8. The Morgan fingerprint density at radius 2 is 1.80 bits per heavy atom. The molecule has 0 radical (unpaired) electrons. The third-order valence-electron chi connectivity index (χ3n) is 7.29. The Hall–Kier alpha value is -2.98. The fourth-order valence-electron chi connectivity index (χ4n) is 4.75. The van der Waals surface area contributed by atoms with Gasteiger partial charge < -0.3 is 24.4 Å². The number of hydrogen-bond acceptors (Lipinski definition) is 5. The second-order valence-corrected chi connectivity index (χ2v) is 10.9. The standard InChI is InChI=1S/C29H36ClF3N2O5/c1-19(18-40-23-10-11-24(25(30)17-23)26(36)34(2)3)8-9-20-12-14-35(15-13-20)27(37)28(38,29(31,32)33)21-6-5-7-22(16-21)39-4/h5-7,10-11,16-17,19-20,38H,8-9,12-15,18H2,1-4H3/t19-,28-/m0/s1. The van der Waals surface area contributed by atoms with Gasteiger partial charge in [0.25, 0.3) is 17.4 Å². The molecular weight excluding hydrogens is 549 g/mol. The van der Waals surface area contributed by atoms with Gasteiger partial charge in [-0.3, -0.25) is 9.59 Å². The molecule has 0 aromatic heterocycles. The molecule has 0 spiro atoms. The van der Waals surface area contributed by atoms with Crippen LogP contribution in [0.2, 0.25) is 5.02 Å². The molecule has 3 rings (SSSR count). The van der Waals surface area contributed by atoms with E-state index in [1.165, 1.54) is 24.1 Å². The molecule has 40 heavy (non-hydrogen) atoms. The van der Waals surface area contributed by atoms with Crippen LogP contribution < -0.4 is 9.47 Å². The fraction of sp³-hybridized carbons (Fsp3) is 0.517. The number of benzene rings is 2. The highest BCUT2D eigenvalue weighted by atomic mass is 35.5. The lowest BCUT2D eigenvalue weighted by molar-refractivity contribution is -0.262. The quantitative estimate of drug-likeness (QED) is 0.397. The fourth-order valence-corrected chi connectivity index (χ4v) is 5.00. The molecule has 0 bridgehead atoms. The number of carbonyl (C=O) groups excluding carboxylic acids is 2. The number of hydrogen-bond donors (Lipinski definition) is 1. The molecule has 1 saturated heterocycles. The number of rotatable bonds is 10. The van der Waals surface area contributed by atoms with Crippen molar-refractivity contribution in [2.24, 2.45) is 11.8 Å². The van der Waals surface area contributed by atoms with Crippen molar-refractivity contribution in [1.29, 1.82) is 0 Å². The van der Waals surface area contributed by atoms with Crippen molar-refractivity contribution in [2.75, 3.05) is 40.9 Å². The normalized spacial score (nSPS) is 16.7. The SMILES string of the molecule is COc1cccc([C@](O)(C(=O)N2CCC(CC[C@H](C)COc3ccc(C(=O)N(C)C)c(Cl)c3)CC2)C(F)(F)F)c1. The summed E-state index contributed by atoms with van der Waals surface area (Å²) in [4.78, 5) is 27.7. The summed E-state index contributed by atoms with van der Waals surface area (Å²) in [6.07, 6.45) is -2.44. The van der Waals surface area contributed by atoms with Gasteiger partial charge in [-0.15, -0.1) is 0 Å². The maximum Gasteiger partial charge on any atom is 0.430 e. The molecule has 1 heterocycles. The summed E-state index contributed by atoms with van der Waals surface area (Å²) < 4.78 is 53.0. The highest BCUT2D eigenvalue weighted by molar-refractivity contribution is 6.34. The summed E-state index contributed by atoms with van der Waals surface area (Å²) in [7, 11) is 4.60. The van der Waals surface area contributed by atoms with Gasteiger partial charge in [0, 0.05) is 32.7 Å². The smallest absolute Gasteiger partial charge is 0.430 e.